The van der Waals surface area contributed by atoms with Gasteiger partial charge in [-0.25, -0.2) is 0 Å². The molecule has 1 aromatic carbocycles. The van der Waals surface area contributed by atoms with Gasteiger partial charge in [0.25, 0.3) is 0 Å². The summed E-state index contributed by atoms with van der Waals surface area (Å²) in [6, 6.07) is 8.15. The van der Waals surface area contributed by atoms with Crippen LogP contribution in [0.2, 0.25) is 0 Å². The Balaban J connectivity index is 2.32. The molecule has 1 amide bonds. The number of ether oxygens (including phenoxy) is 1. The van der Waals surface area contributed by atoms with Crippen molar-refractivity contribution in [1.29, 1.82) is 0 Å². The molecule has 0 saturated carbocycles. The first-order valence-electron chi connectivity index (χ1n) is 6.23. The predicted molar refractivity (Wildman–Crippen MR) is 73.9 cm³/mol. The number of hydrogen-bond donors (Lipinski definition) is 2. The summed E-state index contributed by atoms with van der Waals surface area (Å²) in [7, 11) is 1.61. The molecule has 0 heterocycles. The van der Waals surface area contributed by atoms with E-state index in [0.717, 1.165) is 5.69 Å². The highest BCUT2D eigenvalue weighted by molar-refractivity contribution is 5.80. The number of carbonyl (C=O) groups excluding carboxylic acids is 1. The molecule has 0 atom stereocenters. The molecule has 0 spiro atoms. The van der Waals surface area contributed by atoms with Crippen molar-refractivity contribution in [2.24, 2.45) is 0 Å². The summed E-state index contributed by atoms with van der Waals surface area (Å²) in [6.45, 7) is 5.68. The number of amides is 1. The van der Waals surface area contributed by atoms with Gasteiger partial charge in [0.05, 0.1) is 13.2 Å². The van der Waals surface area contributed by atoms with Gasteiger partial charge in [0.1, 0.15) is 0 Å². The number of rotatable bonds is 7. The van der Waals surface area contributed by atoms with Crippen LogP contribution in [0.4, 0.5) is 5.69 Å². The average molecular weight is 250 g/mol. The fraction of sp³-hybridized carbons (Fsp3) is 0.500. The molecule has 0 aliphatic rings. The lowest BCUT2D eigenvalue weighted by Crippen LogP contribution is -2.32. The van der Waals surface area contributed by atoms with Crippen LogP contribution in [-0.4, -0.2) is 32.7 Å². The van der Waals surface area contributed by atoms with Crippen LogP contribution in [0.1, 0.15) is 25.3 Å². The number of nitrogens with one attached hydrogen (secondary N) is 2. The Morgan fingerprint density at radius 1 is 1.28 bits per heavy atom. The first-order chi connectivity index (χ1) is 8.63. The molecule has 0 fully saturated rings. The Morgan fingerprint density at radius 2 is 1.94 bits per heavy atom. The lowest BCUT2D eigenvalue weighted by molar-refractivity contribution is -0.119. The summed E-state index contributed by atoms with van der Waals surface area (Å²) in [5.41, 5.74) is 2.26. The van der Waals surface area contributed by atoms with Gasteiger partial charge in [-0.1, -0.05) is 26.0 Å². The summed E-state index contributed by atoms with van der Waals surface area (Å²) in [4.78, 5) is 11.4. The van der Waals surface area contributed by atoms with E-state index in [1.54, 1.807) is 7.11 Å². The quantitative estimate of drug-likeness (QED) is 0.728. The molecule has 0 aliphatic heterocycles. The summed E-state index contributed by atoms with van der Waals surface area (Å²) < 4.78 is 4.86. The summed E-state index contributed by atoms with van der Waals surface area (Å²) in [5, 5.41) is 5.84. The molecule has 0 unspecified atom stereocenters. The second kappa shape index (κ2) is 7.71. The number of hydrogen-bond acceptors (Lipinski definition) is 3. The van der Waals surface area contributed by atoms with E-state index in [-0.39, 0.29) is 12.5 Å². The molecule has 18 heavy (non-hydrogen) atoms. The van der Waals surface area contributed by atoms with E-state index in [0.29, 0.717) is 19.1 Å². The number of carbonyl (C=O) groups is 1. The minimum Gasteiger partial charge on any atom is -0.383 e. The van der Waals surface area contributed by atoms with Gasteiger partial charge in [-0.2, -0.15) is 0 Å². The maximum absolute atomic E-state index is 11.4. The fourth-order valence-corrected chi connectivity index (χ4v) is 1.52. The molecule has 1 aromatic rings. The maximum Gasteiger partial charge on any atom is 0.239 e. The third kappa shape index (κ3) is 5.19. The van der Waals surface area contributed by atoms with Gasteiger partial charge in [0.15, 0.2) is 0 Å². The van der Waals surface area contributed by atoms with Crippen LogP contribution in [0.15, 0.2) is 24.3 Å². The Bertz CT molecular complexity index is 361. The van der Waals surface area contributed by atoms with Crippen LogP contribution >= 0.6 is 0 Å². The number of benzene rings is 1. The summed E-state index contributed by atoms with van der Waals surface area (Å²) >= 11 is 0. The third-order valence-electron chi connectivity index (χ3n) is 2.66. The van der Waals surface area contributed by atoms with Crippen LogP contribution < -0.4 is 10.6 Å². The molecule has 0 radical (unpaired) electrons. The zero-order valence-electron chi connectivity index (χ0n) is 11.3. The van der Waals surface area contributed by atoms with E-state index in [2.05, 4.69) is 36.6 Å². The highest BCUT2D eigenvalue weighted by atomic mass is 16.5. The van der Waals surface area contributed by atoms with Crippen LogP contribution in [0, 0.1) is 0 Å². The highest BCUT2D eigenvalue weighted by Crippen LogP contribution is 2.16. The molecular formula is C14H22N2O2. The van der Waals surface area contributed by atoms with E-state index >= 15 is 0 Å². The van der Waals surface area contributed by atoms with Crippen molar-refractivity contribution in [2.45, 2.75) is 19.8 Å². The third-order valence-corrected chi connectivity index (χ3v) is 2.66. The smallest absolute Gasteiger partial charge is 0.239 e. The normalized spacial score (nSPS) is 10.4. The van der Waals surface area contributed by atoms with Crippen molar-refractivity contribution in [3.05, 3.63) is 29.8 Å². The second-order valence-corrected chi connectivity index (χ2v) is 4.47. The van der Waals surface area contributed by atoms with Crippen LogP contribution in [0.5, 0.6) is 0 Å². The van der Waals surface area contributed by atoms with Crippen molar-refractivity contribution in [1.82, 2.24) is 5.32 Å². The molecule has 2 N–H and O–H groups in total. The van der Waals surface area contributed by atoms with E-state index in [1.807, 2.05) is 12.1 Å². The van der Waals surface area contributed by atoms with Crippen molar-refractivity contribution in [3.63, 3.8) is 0 Å². The molecule has 0 aromatic heterocycles. The molecule has 4 heteroatoms. The maximum atomic E-state index is 11.4. The van der Waals surface area contributed by atoms with Crippen molar-refractivity contribution in [3.8, 4) is 0 Å². The second-order valence-electron chi connectivity index (χ2n) is 4.47. The minimum atomic E-state index is -0.0278. The molecule has 0 saturated heterocycles. The van der Waals surface area contributed by atoms with E-state index in [9.17, 15) is 4.79 Å². The van der Waals surface area contributed by atoms with Crippen LogP contribution in [0.25, 0.3) is 0 Å². The van der Waals surface area contributed by atoms with Crippen molar-refractivity contribution < 1.29 is 9.53 Å². The largest absolute Gasteiger partial charge is 0.383 e. The zero-order chi connectivity index (χ0) is 13.4. The Morgan fingerprint density at radius 3 is 2.50 bits per heavy atom. The Hall–Kier alpha value is -1.55. The van der Waals surface area contributed by atoms with Gasteiger partial charge in [-0.3, -0.25) is 4.79 Å². The first-order valence-corrected chi connectivity index (χ1v) is 6.23. The van der Waals surface area contributed by atoms with E-state index < -0.39 is 0 Å². The zero-order valence-corrected chi connectivity index (χ0v) is 11.3. The van der Waals surface area contributed by atoms with Gasteiger partial charge in [0.2, 0.25) is 5.91 Å². The number of anilines is 1. The minimum absolute atomic E-state index is 0.0278. The van der Waals surface area contributed by atoms with Gasteiger partial charge in [-0.05, 0) is 23.6 Å². The Labute approximate surface area is 109 Å². The van der Waals surface area contributed by atoms with Crippen LogP contribution in [0.3, 0.4) is 0 Å². The van der Waals surface area contributed by atoms with Gasteiger partial charge in [-0.15, -0.1) is 0 Å². The topological polar surface area (TPSA) is 50.4 Å². The van der Waals surface area contributed by atoms with Gasteiger partial charge in [0, 0.05) is 19.3 Å². The van der Waals surface area contributed by atoms with Gasteiger partial charge < -0.3 is 15.4 Å². The first kappa shape index (κ1) is 14.5. The highest BCUT2D eigenvalue weighted by Gasteiger charge is 2.01. The lowest BCUT2D eigenvalue weighted by atomic mass is 10.0. The van der Waals surface area contributed by atoms with Crippen LogP contribution in [-0.2, 0) is 9.53 Å². The standard InChI is InChI=1S/C14H22N2O2/c1-11(2)12-4-6-13(7-5-12)16-10-14(17)15-8-9-18-3/h4-7,11,16H,8-10H2,1-3H3,(H,15,17). The van der Waals surface area contributed by atoms with Crippen molar-refractivity contribution in [2.75, 3.05) is 32.1 Å². The van der Waals surface area contributed by atoms with Gasteiger partial charge >= 0.3 is 0 Å². The molecule has 4 nitrogen and oxygen atoms in total. The Kier molecular flexibility index (Phi) is 6.22. The summed E-state index contributed by atoms with van der Waals surface area (Å²) in [6.07, 6.45) is 0. The molecule has 1 rings (SSSR count). The predicted octanol–water partition coefficient (Wildman–Crippen LogP) is 1.98. The number of methoxy groups -OCH3 is 1. The molecular weight excluding hydrogens is 228 g/mol. The monoisotopic (exact) mass is 250 g/mol. The fourth-order valence-electron chi connectivity index (χ4n) is 1.52. The van der Waals surface area contributed by atoms with E-state index in [4.69, 9.17) is 4.74 Å². The lowest BCUT2D eigenvalue weighted by Gasteiger charge is -2.09. The van der Waals surface area contributed by atoms with E-state index in [1.165, 1.54) is 5.56 Å². The SMILES string of the molecule is COCCNC(=O)CNc1ccc(C(C)C)cc1. The molecule has 0 aliphatic carbocycles. The molecule has 100 valence electrons. The summed E-state index contributed by atoms with van der Waals surface area (Å²) in [5.74, 6) is 0.497. The van der Waals surface area contributed by atoms with Crippen molar-refractivity contribution >= 4 is 11.6 Å². The average Bonchev–Trinajstić information content (AvgIpc) is 2.37. The molecule has 0 bridgehead atoms.